The standard InChI is InChI=1S/C23H20N4O5/c1-30-18-11-10-16(13-19(18)31-2)24-20(28)14-27-12-6-9-17(23(27)29)22-25-21(26-32-22)15-7-4-3-5-8-15/h3-13H,14H2,1-2H3,(H,24,28). The number of amides is 1. The van der Waals surface area contributed by atoms with Gasteiger partial charge in [0.15, 0.2) is 11.5 Å². The van der Waals surface area contributed by atoms with Crippen molar-refractivity contribution in [2.24, 2.45) is 0 Å². The lowest BCUT2D eigenvalue weighted by Gasteiger charge is -2.11. The van der Waals surface area contributed by atoms with E-state index in [0.717, 1.165) is 5.56 Å². The minimum Gasteiger partial charge on any atom is -0.493 e. The van der Waals surface area contributed by atoms with Crippen LogP contribution in [-0.2, 0) is 11.3 Å². The van der Waals surface area contributed by atoms with Gasteiger partial charge in [-0.15, -0.1) is 0 Å². The first-order valence-corrected chi connectivity index (χ1v) is 9.70. The maximum Gasteiger partial charge on any atom is 0.263 e. The van der Waals surface area contributed by atoms with Gasteiger partial charge in [-0.05, 0) is 24.3 Å². The van der Waals surface area contributed by atoms with Crippen LogP contribution in [0.4, 0.5) is 5.69 Å². The summed E-state index contributed by atoms with van der Waals surface area (Å²) in [6.07, 6.45) is 1.52. The van der Waals surface area contributed by atoms with Crippen molar-refractivity contribution in [1.82, 2.24) is 14.7 Å². The Kier molecular flexibility index (Phi) is 5.98. The van der Waals surface area contributed by atoms with Crippen molar-refractivity contribution in [2.45, 2.75) is 6.54 Å². The molecule has 4 rings (SSSR count). The number of carbonyl (C=O) groups is 1. The summed E-state index contributed by atoms with van der Waals surface area (Å²) in [6.45, 7) is -0.194. The lowest BCUT2D eigenvalue weighted by molar-refractivity contribution is -0.116. The fourth-order valence-corrected chi connectivity index (χ4v) is 3.13. The van der Waals surface area contributed by atoms with Crippen LogP contribution >= 0.6 is 0 Å². The smallest absolute Gasteiger partial charge is 0.263 e. The predicted molar refractivity (Wildman–Crippen MR) is 118 cm³/mol. The highest BCUT2D eigenvalue weighted by Gasteiger charge is 2.16. The molecule has 2 heterocycles. The molecule has 0 fully saturated rings. The van der Waals surface area contributed by atoms with E-state index in [0.29, 0.717) is 23.0 Å². The second-order valence-corrected chi connectivity index (χ2v) is 6.76. The number of hydrogen-bond donors (Lipinski definition) is 1. The number of hydrogen-bond acceptors (Lipinski definition) is 7. The molecule has 0 unspecified atom stereocenters. The lowest BCUT2D eigenvalue weighted by Crippen LogP contribution is -2.28. The third-order valence-corrected chi connectivity index (χ3v) is 4.69. The Morgan fingerprint density at radius 1 is 1.03 bits per heavy atom. The second kappa shape index (κ2) is 9.17. The minimum atomic E-state index is -0.418. The number of nitrogens with zero attached hydrogens (tertiary/aromatic N) is 3. The molecular formula is C23H20N4O5. The number of carbonyl (C=O) groups excluding carboxylic acids is 1. The highest BCUT2D eigenvalue weighted by atomic mass is 16.5. The third-order valence-electron chi connectivity index (χ3n) is 4.69. The molecule has 0 aliphatic carbocycles. The molecule has 9 nitrogen and oxygen atoms in total. The molecule has 4 aromatic rings. The van der Waals surface area contributed by atoms with Gasteiger partial charge in [-0.2, -0.15) is 4.98 Å². The lowest BCUT2D eigenvalue weighted by atomic mass is 10.2. The molecule has 2 aromatic carbocycles. The summed E-state index contributed by atoms with van der Waals surface area (Å²) in [7, 11) is 3.04. The zero-order chi connectivity index (χ0) is 22.5. The first-order chi connectivity index (χ1) is 15.6. The van der Waals surface area contributed by atoms with E-state index in [1.54, 1.807) is 30.3 Å². The summed E-state index contributed by atoms with van der Waals surface area (Å²) in [6, 6.07) is 17.5. The molecule has 32 heavy (non-hydrogen) atoms. The molecule has 9 heteroatoms. The molecule has 0 saturated heterocycles. The molecule has 0 atom stereocenters. The van der Waals surface area contributed by atoms with E-state index in [9.17, 15) is 9.59 Å². The number of aromatic nitrogens is 3. The molecule has 1 amide bonds. The van der Waals surface area contributed by atoms with Gasteiger partial charge >= 0.3 is 0 Å². The molecule has 0 aliphatic heterocycles. The molecule has 0 aliphatic rings. The number of pyridine rings is 1. The average Bonchev–Trinajstić information content (AvgIpc) is 3.31. The Morgan fingerprint density at radius 3 is 2.56 bits per heavy atom. The molecule has 0 bridgehead atoms. The van der Waals surface area contributed by atoms with Gasteiger partial charge in [0, 0.05) is 23.5 Å². The fourth-order valence-electron chi connectivity index (χ4n) is 3.13. The second-order valence-electron chi connectivity index (χ2n) is 6.76. The van der Waals surface area contributed by atoms with Crippen LogP contribution in [0, 0.1) is 0 Å². The van der Waals surface area contributed by atoms with Crippen LogP contribution in [-0.4, -0.2) is 34.8 Å². The molecule has 2 aromatic heterocycles. The van der Waals surface area contributed by atoms with Crippen LogP contribution in [0.5, 0.6) is 11.5 Å². The minimum absolute atomic E-state index is 0.0866. The third kappa shape index (κ3) is 4.36. The van der Waals surface area contributed by atoms with Gasteiger partial charge in [0.2, 0.25) is 11.7 Å². The van der Waals surface area contributed by atoms with Gasteiger partial charge in [0.1, 0.15) is 12.1 Å². The monoisotopic (exact) mass is 432 g/mol. The summed E-state index contributed by atoms with van der Waals surface area (Å²) in [5, 5.41) is 6.69. The number of rotatable bonds is 7. The van der Waals surface area contributed by atoms with E-state index in [2.05, 4.69) is 15.5 Å². The number of anilines is 1. The zero-order valence-corrected chi connectivity index (χ0v) is 17.4. The van der Waals surface area contributed by atoms with E-state index in [1.807, 2.05) is 30.3 Å². The summed E-state index contributed by atoms with van der Waals surface area (Å²) in [4.78, 5) is 29.8. The van der Waals surface area contributed by atoms with Crippen molar-refractivity contribution in [3.63, 3.8) is 0 Å². The highest BCUT2D eigenvalue weighted by molar-refractivity contribution is 5.91. The fraction of sp³-hybridized carbons (Fsp3) is 0.130. The molecular weight excluding hydrogens is 412 g/mol. The van der Waals surface area contributed by atoms with Gasteiger partial charge in [0.25, 0.3) is 11.4 Å². The molecule has 0 spiro atoms. The SMILES string of the molecule is COc1ccc(NC(=O)Cn2cccc(-c3nc(-c4ccccc4)no3)c2=O)cc1OC. The Hall–Kier alpha value is -4.40. The topological polar surface area (TPSA) is 108 Å². The largest absolute Gasteiger partial charge is 0.493 e. The van der Waals surface area contributed by atoms with Crippen LogP contribution in [0.25, 0.3) is 22.8 Å². The summed E-state index contributed by atoms with van der Waals surface area (Å²) >= 11 is 0. The van der Waals surface area contributed by atoms with Crippen molar-refractivity contribution in [2.75, 3.05) is 19.5 Å². The zero-order valence-electron chi connectivity index (χ0n) is 17.4. The van der Waals surface area contributed by atoms with E-state index in [-0.39, 0.29) is 23.9 Å². The Labute approximate surface area is 183 Å². The van der Waals surface area contributed by atoms with Gasteiger partial charge in [0.05, 0.1) is 14.2 Å². The van der Waals surface area contributed by atoms with E-state index >= 15 is 0 Å². The van der Waals surface area contributed by atoms with Crippen molar-refractivity contribution in [3.8, 4) is 34.3 Å². The van der Waals surface area contributed by atoms with Crippen molar-refractivity contribution in [1.29, 1.82) is 0 Å². The van der Waals surface area contributed by atoms with E-state index in [4.69, 9.17) is 14.0 Å². The normalized spacial score (nSPS) is 10.6. The first kappa shape index (κ1) is 20.9. The predicted octanol–water partition coefficient (Wildman–Crippen LogP) is 3.22. The average molecular weight is 432 g/mol. The number of ether oxygens (including phenoxy) is 2. The Balaban J connectivity index is 1.53. The van der Waals surface area contributed by atoms with Crippen molar-refractivity contribution >= 4 is 11.6 Å². The van der Waals surface area contributed by atoms with E-state index in [1.165, 1.54) is 25.0 Å². The maximum atomic E-state index is 12.9. The Bertz CT molecular complexity index is 1300. The van der Waals surface area contributed by atoms with Crippen LogP contribution < -0.4 is 20.3 Å². The molecule has 1 N–H and O–H groups in total. The van der Waals surface area contributed by atoms with Gasteiger partial charge in [-0.1, -0.05) is 35.5 Å². The van der Waals surface area contributed by atoms with Gasteiger partial charge in [-0.25, -0.2) is 0 Å². The maximum absolute atomic E-state index is 12.9. The van der Waals surface area contributed by atoms with Gasteiger partial charge in [-0.3, -0.25) is 9.59 Å². The molecule has 0 saturated carbocycles. The van der Waals surface area contributed by atoms with Crippen LogP contribution in [0.3, 0.4) is 0 Å². The van der Waals surface area contributed by atoms with Crippen LogP contribution in [0.15, 0.2) is 76.2 Å². The summed E-state index contributed by atoms with van der Waals surface area (Å²) < 4.78 is 17.0. The van der Waals surface area contributed by atoms with Crippen molar-refractivity contribution in [3.05, 3.63) is 77.2 Å². The quantitative estimate of drug-likeness (QED) is 0.478. The highest BCUT2D eigenvalue weighted by Crippen LogP contribution is 2.29. The molecule has 0 radical (unpaired) electrons. The molecule has 162 valence electrons. The number of benzene rings is 2. The van der Waals surface area contributed by atoms with Crippen molar-refractivity contribution < 1.29 is 18.8 Å². The number of nitrogens with one attached hydrogen (secondary N) is 1. The van der Waals surface area contributed by atoms with Crippen LogP contribution in [0.2, 0.25) is 0 Å². The number of methoxy groups -OCH3 is 2. The Morgan fingerprint density at radius 2 is 1.81 bits per heavy atom. The summed E-state index contributed by atoms with van der Waals surface area (Å²) in [5.74, 6) is 1.11. The van der Waals surface area contributed by atoms with E-state index < -0.39 is 5.56 Å². The first-order valence-electron chi connectivity index (χ1n) is 9.70. The summed E-state index contributed by atoms with van der Waals surface area (Å²) in [5.41, 5.74) is 1.08. The van der Waals surface area contributed by atoms with Crippen LogP contribution in [0.1, 0.15) is 0 Å². The van der Waals surface area contributed by atoms with Gasteiger partial charge < -0.3 is 23.9 Å².